The van der Waals surface area contributed by atoms with Crippen LogP contribution in [0.25, 0.3) is 0 Å². The van der Waals surface area contributed by atoms with Crippen molar-refractivity contribution in [2.24, 2.45) is 0 Å². The van der Waals surface area contributed by atoms with Crippen molar-refractivity contribution in [3.8, 4) is 5.75 Å². The summed E-state index contributed by atoms with van der Waals surface area (Å²) in [6.07, 6.45) is 0.219. The first-order chi connectivity index (χ1) is 9.13. The number of benzene rings is 1. The molecule has 0 radical (unpaired) electrons. The van der Waals surface area contributed by atoms with E-state index in [1.807, 2.05) is 25.1 Å². The monoisotopic (exact) mass is 262 g/mol. The number of hydrogen-bond acceptors (Lipinski definition) is 3. The lowest BCUT2D eigenvalue weighted by Crippen LogP contribution is -2.50. The van der Waals surface area contributed by atoms with E-state index in [2.05, 4.69) is 5.32 Å². The molecule has 0 saturated heterocycles. The van der Waals surface area contributed by atoms with Crippen LogP contribution >= 0.6 is 0 Å². The third-order valence-corrected chi connectivity index (χ3v) is 3.00. The third-order valence-electron chi connectivity index (χ3n) is 3.00. The second-order valence-corrected chi connectivity index (χ2v) is 4.49. The molecule has 1 atom stereocenters. The van der Waals surface area contributed by atoms with Crippen LogP contribution in [-0.2, 0) is 9.59 Å². The Morgan fingerprint density at radius 3 is 2.84 bits per heavy atom. The molecule has 1 unspecified atom stereocenters. The van der Waals surface area contributed by atoms with Crippen LogP contribution < -0.4 is 15.0 Å². The molecule has 0 fully saturated rings. The molecule has 1 aromatic rings. The Morgan fingerprint density at radius 1 is 1.42 bits per heavy atom. The number of ether oxygens (including phenoxy) is 1. The smallest absolute Gasteiger partial charge is 0.262 e. The summed E-state index contributed by atoms with van der Waals surface area (Å²) in [7, 11) is 0. The summed E-state index contributed by atoms with van der Waals surface area (Å²) in [6, 6.07) is 7.25. The molecule has 0 saturated carbocycles. The molecule has 1 aromatic carbocycles. The standard InChI is InChI=1S/C14H18N2O3/c1-3-8-15-14(18)13-9-16(10(2)17)11-6-4-5-7-12(11)19-13/h4-7,13H,3,8-9H2,1-2H3,(H,15,18). The van der Waals surface area contributed by atoms with E-state index in [4.69, 9.17) is 4.74 Å². The summed E-state index contributed by atoms with van der Waals surface area (Å²) in [5, 5.41) is 2.79. The zero-order valence-corrected chi connectivity index (χ0v) is 11.2. The van der Waals surface area contributed by atoms with Gasteiger partial charge in [-0.3, -0.25) is 9.59 Å². The van der Waals surface area contributed by atoms with Gasteiger partial charge in [-0.2, -0.15) is 0 Å². The second-order valence-electron chi connectivity index (χ2n) is 4.49. The first-order valence-electron chi connectivity index (χ1n) is 6.45. The van der Waals surface area contributed by atoms with Gasteiger partial charge in [0.25, 0.3) is 5.91 Å². The minimum absolute atomic E-state index is 0.0935. The molecule has 1 aliphatic rings. The predicted octanol–water partition coefficient (Wildman–Crippen LogP) is 1.33. The number of carbonyl (C=O) groups excluding carboxylic acids is 2. The van der Waals surface area contributed by atoms with E-state index in [1.165, 1.54) is 6.92 Å². The summed E-state index contributed by atoms with van der Waals surface area (Å²) in [6.45, 7) is 4.34. The topological polar surface area (TPSA) is 58.6 Å². The minimum atomic E-state index is -0.648. The maximum atomic E-state index is 12.0. The lowest BCUT2D eigenvalue weighted by molar-refractivity contribution is -0.128. The van der Waals surface area contributed by atoms with Gasteiger partial charge in [0.15, 0.2) is 6.10 Å². The van der Waals surface area contributed by atoms with Crippen molar-refractivity contribution in [3.63, 3.8) is 0 Å². The van der Waals surface area contributed by atoms with Gasteiger partial charge in [-0.25, -0.2) is 0 Å². The normalized spacial score (nSPS) is 17.4. The van der Waals surface area contributed by atoms with Crippen LogP contribution in [0.2, 0.25) is 0 Å². The fourth-order valence-electron chi connectivity index (χ4n) is 2.03. The van der Waals surface area contributed by atoms with Gasteiger partial charge in [-0.05, 0) is 18.6 Å². The number of para-hydroxylation sites is 2. The van der Waals surface area contributed by atoms with Gasteiger partial charge < -0.3 is 15.0 Å². The van der Waals surface area contributed by atoms with Gasteiger partial charge in [0.1, 0.15) is 5.75 Å². The van der Waals surface area contributed by atoms with Gasteiger partial charge in [0.2, 0.25) is 5.91 Å². The molecule has 102 valence electrons. The van der Waals surface area contributed by atoms with Crippen LogP contribution in [0.15, 0.2) is 24.3 Å². The van der Waals surface area contributed by atoms with Crippen molar-refractivity contribution in [1.82, 2.24) is 5.32 Å². The number of nitrogens with zero attached hydrogens (tertiary/aromatic N) is 1. The van der Waals surface area contributed by atoms with Crippen LogP contribution in [0.3, 0.4) is 0 Å². The average Bonchev–Trinajstić information content (AvgIpc) is 2.43. The highest BCUT2D eigenvalue weighted by Crippen LogP contribution is 2.33. The van der Waals surface area contributed by atoms with Gasteiger partial charge in [-0.1, -0.05) is 19.1 Å². The molecular formula is C14H18N2O3. The minimum Gasteiger partial charge on any atom is -0.477 e. The number of nitrogens with one attached hydrogen (secondary N) is 1. The maximum Gasteiger partial charge on any atom is 0.262 e. The van der Waals surface area contributed by atoms with Gasteiger partial charge >= 0.3 is 0 Å². The molecule has 2 rings (SSSR count). The molecule has 1 heterocycles. The molecule has 0 spiro atoms. The van der Waals surface area contributed by atoms with Crippen molar-refractivity contribution >= 4 is 17.5 Å². The number of carbonyl (C=O) groups is 2. The van der Waals surface area contributed by atoms with E-state index in [1.54, 1.807) is 11.0 Å². The van der Waals surface area contributed by atoms with Crippen LogP contribution in [0, 0.1) is 0 Å². The molecule has 0 bridgehead atoms. The highest BCUT2D eigenvalue weighted by atomic mass is 16.5. The molecule has 0 aliphatic carbocycles. The first-order valence-corrected chi connectivity index (χ1v) is 6.45. The Morgan fingerprint density at radius 2 is 2.16 bits per heavy atom. The summed E-state index contributed by atoms with van der Waals surface area (Å²) in [4.78, 5) is 25.2. The Balaban J connectivity index is 2.20. The van der Waals surface area contributed by atoms with E-state index in [-0.39, 0.29) is 18.4 Å². The predicted molar refractivity (Wildman–Crippen MR) is 72.2 cm³/mol. The number of fused-ring (bicyclic) bond motifs is 1. The highest BCUT2D eigenvalue weighted by Gasteiger charge is 2.32. The largest absolute Gasteiger partial charge is 0.477 e. The molecule has 1 aliphatic heterocycles. The third kappa shape index (κ3) is 2.86. The molecule has 1 N–H and O–H groups in total. The van der Waals surface area contributed by atoms with Gasteiger partial charge in [0.05, 0.1) is 12.2 Å². The Kier molecular flexibility index (Phi) is 4.04. The van der Waals surface area contributed by atoms with E-state index >= 15 is 0 Å². The lowest BCUT2D eigenvalue weighted by atomic mass is 10.1. The van der Waals surface area contributed by atoms with Crippen LogP contribution in [0.1, 0.15) is 20.3 Å². The molecule has 2 amide bonds. The molecule has 5 heteroatoms. The van der Waals surface area contributed by atoms with Crippen molar-refractivity contribution in [3.05, 3.63) is 24.3 Å². The summed E-state index contributed by atoms with van der Waals surface area (Å²) >= 11 is 0. The average molecular weight is 262 g/mol. The highest BCUT2D eigenvalue weighted by molar-refractivity contribution is 5.95. The molecule has 5 nitrogen and oxygen atoms in total. The Bertz CT molecular complexity index is 487. The van der Waals surface area contributed by atoms with Crippen molar-refractivity contribution < 1.29 is 14.3 Å². The number of hydrogen-bond donors (Lipinski definition) is 1. The zero-order chi connectivity index (χ0) is 13.8. The van der Waals surface area contributed by atoms with E-state index < -0.39 is 6.10 Å². The van der Waals surface area contributed by atoms with Crippen molar-refractivity contribution in [1.29, 1.82) is 0 Å². The summed E-state index contributed by atoms with van der Waals surface area (Å²) < 4.78 is 5.67. The van der Waals surface area contributed by atoms with Gasteiger partial charge in [-0.15, -0.1) is 0 Å². The van der Waals surface area contributed by atoms with E-state index in [9.17, 15) is 9.59 Å². The first kappa shape index (κ1) is 13.4. The van der Waals surface area contributed by atoms with Crippen LogP contribution in [0.5, 0.6) is 5.75 Å². The molecule has 19 heavy (non-hydrogen) atoms. The van der Waals surface area contributed by atoms with Crippen LogP contribution in [0.4, 0.5) is 5.69 Å². The van der Waals surface area contributed by atoms with Crippen LogP contribution in [-0.4, -0.2) is 31.0 Å². The van der Waals surface area contributed by atoms with E-state index in [0.29, 0.717) is 12.3 Å². The Hall–Kier alpha value is -2.04. The number of amides is 2. The Labute approximate surface area is 112 Å². The quantitative estimate of drug-likeness (QED) is 0.894. The summed E-state index contributed by atoms with van der Waals surface area (Å²) in [5.41, 5.74) is 0.717. The zero-order valence-electron chi connectivity index (χ0n) is 11.2. The van der Waals surface area contributed by atoms with Gasteiger partial charge in [0, 0.05) is 13.5 Å². The second kappa shape index (κ2) is 5.73. The molecular weight excluding hydrogens is 244 g/mol. The lowest BCUT2D eigenvalue weighted by Gasteiger charge is -2.33. The van der Waals surface area contributed by atoms with Crippen molar-refractivity contribution in [2.75, 3.05) is 18.0 Å². The summed E-state index contributed by atoms with van der Waals surface area (Å²) in [5.74, 6) is 0.298. The van der Waals surface area contributed by atoms with E-state index in [0.717, 1.165) is 12.1 Å². The van der Waals surface area contributed by atoms with Crippen molar-refractivity contribution in [2.45, 2.75) is 26.4 Å². The number of rotatable bonds is 3. The fraction of sp³-hybridized carbons (Fsp3) is 0.429. The maximum absolute atomic E-state index is 12.0. The number of anilines is 1. The molecule has 0 aromatic heterocycles. The SMILES string of the molecule is CCCNC(=O)C1CN(C(C)=O)c2ccccc2O1. The fourth-order valence-corrected chi connectivity index (χ4v) is 2.03.